The van der Waals surface area contributed by atoms with E-state index in [-0.39, 0.29) is 23.7 Å². The van der Waals surface area contributed by atoms with Gasteiger partial charge < -0.3 is 10.1 Å². The van der Waals surface area contributed by atoms with E-state index in [1.807, 2.05) is 13.8 Å². The van der Waals surface area contributed by atoms with E-state index in [1.165, 1.54) is 7.11 Å². The second kappa shape index (κ2) is 4.44. The molecule has 1 amide bonds. The van der Waals surface area contributed by atoms with Crippen molar-refractivity contribution in [1.29, 1.82) is 0 Å². The molecule has 1 rings (SSSR count). The Morgan fingerprint density at radius 3 is 2.71 bits per heavy atom. The van der Waals surface area contributed by atoms with Crippen molar-refractivity contribution in [3.8, 4) is 0 Å². The second-order valence-electron chi connectivity index (χ2n) is 4.05. The van der Waals surface area contributed by atoms with E-state index in [1.54, 1.807) is 0 Å². The van der Waals surface area contributed by atoms with Crippen LogP contribution in [0.5, 0.6) is 0 Å². The first-order valence-electron chi connectivity index (χ1n) is 4.90. The highest BCUT2D eigenvalue weighted by Crippen LogP contribution is 2.27. The summed E-state index contributed by atoms with van der Waals surface area (Å²) in [6.07, 6.45) is 0.428. The zero-order chi connectivity index (χ0) is 10.7. The van der Waals surface area contributed by atoms with Gasteiger partial charge in [0.25, 0.3) is 0 Å². The van der Waals surface area contributed by atoms with Crippen LogP contribution >= 0.6 is 0 Å². The molecule has 14 heavy (non-hydrogen) atoms. The predicted octanol–water partition coefficient (Wildman–Crippen LogP) is 0.568. The van der Waals surface area contributed by atoms with Gasteiger partial charge in [-0.25, -0.2) is 0 Å². The summed E-state index contributed by atoms with van der Waals surface area (Å²) in [5, 5.41) is 2.69. The van der Waals surface area contributed by atoms with Crippen LogP contribution in [0.4, 0.5) is 0 Å². The van der Waals surface area contributed by atoms with Crippen LogP contribution in [0.3, 0.4) is 0 Å². The molecular formula is C10H17NO3. The molecule has 1 fully saturated rings. The summed E-state index contributed by atoms with van der Waals surface area (Å²) in [6, 6.07) is 0. The number of esters is 1. The van der Waals surface area contributed by atoms with Gasteiger partial charge in [0, 0.05) is 13.0 Å². The number of carbonyl (C=O) groups excluding carboxylic acids is 2. The third-order valence-corrected chi connectivity index (χ3v) is 2.82. The first-order chi connectivity index (χ1) is 6.56. The Bertz CT molecular complexity index is 238. The maximum Gasteiger partial charge on any atom is 0.310 e. The first kappa shape index (κ1) is 11.0. The van der Waals surface area contributed by atoms with Crippen molar-refractivity contribution < 1.29 is 14.3 Å². The summed E-state index contributed by atoms with van der Waals surface area (Å²) >= 11 is 0. The number of methoxy groups -OCH3 is 1. The Morgan fingerprint density at radius 1 is 1.57 bits per heavy atom. The molecule has 1 N–H and O–H groups in total. The Labute approximate surface area is 84.0 Å². The summed E-state index contributed by atoms with van der Waals surface area (Å²) < 4.78 is 4.72. The highest BCUT2D eigenvalue weighted by molar-refractivity contribution is 5.81. The zero-order valence-electron chi connectivity index (χ0n) is 8.87. The van der Waals surface area contributed by atoms with Crippen LogP contribution in [0.15, 0.2) is 0 Å². The van der Waals surface area contributed by atoms with Gasteiger partial charge in [-0.3, -0.25) is 9.59 Å². The van der Waals surface area contributed by atoms with Gasteiger partial charge in [0.2, 0.25) is 5.91 Å². The summed E-state index contributed by atoms with van der Waals surface area (Å²) in [4.78, 5) is 22.6. The van der Waals surface area contributed by atoms with E-state index in [4.69, 9.17) is 4.74 Å². The Morgan fingerprint density at radius 2 is 2.21 bits per heavy atom. The monoisotopic (exact) mass is 199 g/mol. The van der Waals surface area contributed by atoms with Gasteiger partial charge in [0.05, 0.1) is 13.0 Å². The normalized spacial score (nSPS) is 27.3. The summed E-state index contributed by atoms with van der Waals surface area (Å²) in [5.41, 5.74) is 0. The lowest BCUT2D eigenvalue weighted by Crippen LogP contribution is -2.46. The molecule has 1 heterocycles. The van der Waals surface area contributed by atoms with Crippen molar-refractivity contribution in [2.75, 3.05) is 13.7 Å². The number of amides is 1. The lowest BCUT2D eigenvalue weighted by Gasteiger charge is -2.32. The third kappa shape index (κ3) is 2.25. The smallest absolute Gasteiger partial charge is 0.310 e. The Kier molecular flexibility index (Phi) is 3.49. The molecule has 0 saturated carbocycles. The quantitative estimate of drug-likeness (QED) is 0.661. The highest BCUT2D eigenvalue weighted by Gasteiger charge is 2.36. The van der Waals surface area contributed by atoms with E-state index in [2.05, 4.69) is 5.32 Å². The third-order valence-electron chi connectivity index (χ3n) is 2.82. The molecule has 0 aromatic heterocycles. The number of hydrogen-bond acceptors (Lipinski definition) is 3. The molecular weight excluding hydrogens is 182 g/mol. The number of hydrogen-bond donors (Lipinski definition) is 1. The number of rotatable bonds is 2. The van der Waals surface area contributed by atoms with Crippen LogP contribution < -0.4 is 5.32 Å². The molecule has 2 unspecified atom stereocenters. The molecule has 4 nitrogen and oxygen atoms in total. The van der Waals surface area contributed by atoms with Crippen LogP contribution in [-0.4, -0.2) is 25.5 Å². The number of piperidine rings is 1. The molecule has 2 atom stereocenters. The van der Waals surface area contributed by atoms with Crippen LogP contribution in [-0.2, 0) is 14.3 Å². The van der Waals surface area contributed by atoms with E-state index in [9.17, 15) is 9.59 Å². The highest BCUT2D eigenvalue weighted by atomic mass is 16.5. The molecule has 0 aromatic rings. The lowest BCUT2D eigenvalue weighted by molar-refractivity contribution is -0.150. The standard InChI is InChI=1S/C10H17NO3/c1-6(2)7-4-9(12)11-5-8(7)10(13)14-3/h6-8H,4-5H2,1-3H3,(H,11,12). The van der Waals surface area contributed by atoms with Crippen molar-refractivity contribution in [1.82, 2.24) is 5.32 Å². The largest absolute Gasteiger partial charge is 0.469 e. The lowest BCUT2D eigenvalue weighted by atomic mass is 9.78. The Balaban J connectivity index is 2.72. The van der Waals surface area contributed by atoms with Crippen molar-refractivity contribution in [3.05, 3.63) is 0 Å². The van der Waals surface area contributed by atoms with Gasteiger partial charge in [0.1, 0.15) is 0 Å². The molecule has 0 aliphatic carbocycles. The molecule has 0 bridgehead atoms. The molecule has 1 aliphatic rings. The van der Waals surface area contributed by atoms with Gasteiger partial charge >= 0.3 is 5.97 Å². The zero-order valence-corrected chi connectivity index (χ0v) is 8.87. The average Bonchev–Trinajstić information content (AvgIpc) is 2.16. The Hall–Kier alpha value is -1.06. The summed E-state index contributed by atoms with van der Waals surface area (Å²) in [7, 11) is 1.39. The first-order valence-corrected chi connectivity index (χ1v) is 4.90. The van der Waals surface area contributed by atoms with Crippen LogP contribution in [0.1, 0.15) is 20.3 Å². The minimum absolute atomic E-state index is 0.0313. The van der Waals surface area contributed by atoms with Crippen LogP contribution in [0.2, 0.25) is 0 Å². The molecule has 80 valence electrons. The molecule has 0 spiro atoms. The average molecular weight is 199 g/mol. The fourth-order valence-corrected chi connectivity index (χ4v) is 1.91. The van der Waals surface area contributed by atoms with Crippen molar-refractivity contribution in [2.45, 2.75) is 20.3 Å². The number of ether oxygens (including phenoxy) is 1. The minimum atomic E-state index is -0.219. The molecule has 1 saturated heterocycles. The van der Waals surface area contributed by atoms with Crippen LogP contribution in [0.25, 0.3) is 0 Å². The fraction of sp³-hybridized carbons (Fsp3) is 0.800. The second-order valence-corrected chi connectivity index (χ2v) is 4.05. The number of carbonyl (C=O) groups is 2. The van der Waals surface area contributed by atoms with E-state index in [0.717, 1.165) is 0 Å². The van der Waals surface area contributed by atoms with Gasteiger partial charge in [0.15, 0.2) is 0 Å². The SMILES string of the molecule is COC(=O)C1CNC(=O)CC1C(C)C. The molecule has 0 radical (unpaired) electrons. The van der Waals surface area contributed by atoms with Gasteiger partial charge in [-0.2, -0.15) is 0 Å². The van der Waals surface area contributed by atoms with E-state index in [0.29, 0.717) is 18.9 Å². The van der Waals surface area contributed by atoms with Crippen molar-refractivity contribution in [2.24, 2.45) is 17.8 Å². The summed E-state index contributed by atoms with van der Waals surface area (Å²) in [6.45, 7) is 4.47. The minimum Gasteiger partial charge on any atom is -0.469 e. The fourth-order valence-electron chi connectivity index (χ4n) is 1.91. The van der Waals surface area contributed by atoms with Gasteiger partial charge in [-0.05, 0) is 11.8 Å². The molecule has 4 heteroatoms. The van der Waals surface area contributed by atoms with Crippen molar-refractivity contribution in [3.63, 3.8) is 0 Å². The maximum atomic E-state index is 11.4. The van der Waals surface area contributed by atoms with E-state index < -0.39 is 0 Å². The summed E-state index contributed by atoms with van der Waals surface area (Å²) in [5.74, 6) is 0.0617. The maximum absolute atomic E-state index is 11.4. The number of nitrogens with one attached hydrogen (secondary N) is 1. The van der Waals surface area contributed by atoms with Crippen molar-refractivity contribution >= 4 is 11.9 Å². The topological polar surface area (TPSA) is 55.4 Å². The van der Waals surface area contributed by atoms with Gasteiger partial charge in [-0.15, -0.1) is 0 Å². The predicted molar refractivity (Wildman–Crippen MR) is 51.5 cm³/mol. The van der Waals surface area contributed by atoms with E-state index >= 15 is 0 Å². The van der Waals surface area contributed by atoms with Gasteiger partial charge in [-0.1, -0.05) is 13.8 Å². The molecule has 0 aromatic carbocycles. The molecule has 1 aliphatic heterocycles. The van der Waals surface area contributed by atoms with Crippen LogP contribution in [0, 0.1) is 17.8 Å².